The maximum atomic E-state index is 6.08. The van der Waals surface area contributed by atoms with Gasteiger partial charge in [-0.25, -0.2) is 0 Å². The standard InChI is InChI=1S/C9H9ClS2/c10-8-4-2-1-3-7(8)9-11-5-6-12-9/h1-4,9H,5-6H2. The van der Waals surface area contributed by atoms with E-state index in [1.807, 2.05) is 35.7 Å². The highest BCUT2D eigenvalue weighted by Crippen LogP contribution is 2.47. The van der Waals surface area contributed by atoms with Crippen LogP contribution in [0.3, 0.4) is 0 Å². The first-order chi connectivity index (χ1) is 5.88. The van der Waals surface area contributed by atoms with Crippen molar-refractivity contribution in [1.29, 1.82) is 0 Å². The number of hydrogen-bond acceptors (Lipinski definition) is 2. The molecule has 2 rings (SSSR count). The summed E-state index contributed by atoms with van der Waals surface area (Å²) in [6.07, 6.45) is 0. The Morgan fingerprint density at radius 1 is 1.17 bits per heavy atom. The SMILES string of the molecule is Clc1ccccc1C1SCCS1. The first-order valence-electron chi connectivity index (χ1n) is 3.85. The van der Waals surface area contributed by atoms with E-state index in [9.17, 15) is 0 Å². The molecule has 0 nitrogen and oxygen atoms in total. The molecular weight excluding hydrogens is 208 g/mol. The van der Waals surface area contributed by atoms with E-state index in [2.05, 4.69) is 12.1 Å². The van der Waals surface area contributed by atoms with Crippen LogP contribution in [-0.2, 0) is 0 Å². The van der Waals surface area contributed by atoms with Crippen molar-refractivity contribution in [2.24, 2.45) is 0 Å². The molecule has 0 radical (unpaired) electrons. The third kappa shape index (κ3) is 1.76. The van der Waals surface area contributed by atoms with Crippen LogP contribution in [0.25, 0.3) is 0 Å². The van der Waals surface area contributed by atoms with Crippen molar-refractivity contribution in [3.05, 3.63) is 34.9 Å². The smallest absolute Gasteiger partial charge is 0.0766 e. The second-order valence-electron chi connectivity index (χ2n) is 2.60. The number of rotatable bonds is 1. The lowest BCUT2D eigenvalue weighted by molar-refractivity contribution is 1.39. The van der Waals surface area contributed by atoms with Crippen LogP contribution >= 0.6 is 35.1 Å². The van der Waals surface area contributed by atoms with Crippen molar-refractivity contribution in [3.8, 4) is 0 Å². The lowest BCUT2D eigenvalue weighted by atomic mass is 10.2. The van der Waals surface area contributed by atoms with E-state index < -0.39 is 0 Å². The van der Waals surface area contributed by atoms with Gasteiger partial charge < -0.3 is 0 Å². The monoisotopic (exact) mass is 216 g/mol. The van der Waals surface area contributed by atoms with Crippen molar-refractivity contribution in [2.45, 2.75) is 4.58 Å². The van der Waals surface area contributed by atoms with Crippen LogP contribution in [0.4, 0.5) is 0 Å². The summed E-state index contributed by atoms with van der Waals surface area (Å²) in [6, 6.07) is 8.13. The molecule has 1 heterocycles. The molecule has 1 saturated heterocycles. The van der Waals surface area contributed by atoms with Crippen LogP contribution in [0.15, 0.2) is 24.3 Å². The fourth-order valence-electron chi connectivity index (χ4n) is 1.20. The van der Waals surface area contributed by atoms with E-state index in [1.165, 1.54) is 17.1 Å². The Hall–Kier alpha value is 0.210. The van der Waals surface area contributed by atoms with Crippen LogP contribution < -0.4 is 0 Å². The molecule has 0 atom stereocenters. The number of benzene rings is 1. The summed E-state index contributed by atoms with van der Waals surface area (Å²) in [4.78, 5) is 0. The molecule has 1 aliphatic heterocycles. The van der Waals surface area contributed by atoms with Gasteiger partial charge in [0.1, 0.15) is 0 Å². The topological polar surface area (TPSA) is 0 Å². The molecular formula is C9H9ClS2. The molecule has 1 aromatic carbocycles. The lowest BCUT2D eigenvalue weighted by Crippen LogP contribution is -1.84. The van der Waals surface area contributed by atoms with Gasteiger partial charge in [-0.3, -0.25) is 0 Å². The summed E-state index contributed by atoms with van der Waals surface area (Å²) < 4.78 is 0.568. The molecule has 0 aliphatic carbocycles. The van der Waals surface area contributed by atoms with Crippen LogP contribution in [0.1, 0.15) is 10.1 Å². The zero-order valence-corrected chi connectivity index (χ0v) is 8.88. The Kier molecular flexibility index (Phi) is 2.89. The predicted molar refractivity (Wildman–Crippen MR) is 59.1 cm³/mol. The molecule has 3 heteroatoms. The average Bonchev–Trinajstić information content (AvgIpc) is 2.57. The van der Waals surface area contributed by atoms with Gasteiger partial charge in [0.15, 0.2) is 0 Å². The van der Waals surface area contributed by atoms with Gasteiger partial charge in [-0.1, -0.05) is 29.8 Å². The number of thioether (sulfide) groups is 2. The molecule has 12 heavy (non-hydrogen) atoms. The van der Waals surface area contributed by atoms with E-state index in [0.717, 1.165) is 5.02 Å². The molecule has 0 spiro atoms. The van der Waals surface area contributed by atoms with Crippen molar-refractivity contribution in [1.82, 2.24) is 0 Å². The van der Waals surface area contributed by atoms with Gasteiger partial charge in [-0.05, 0) is 11.6 Å². The first kappa shape index (κ1) is 8.79. The van der Waals surface area contributed by atoms with Gasteiger partial charge in [-0.15, -0.1) is 23.5 Å². The van der Waals surface area contributed by atoms with Gasteiger partial charge in [0, 0.05) is 16.5 Å². The Labute approximate surface area is 86.1 Å². The first-order valence-corrected chi connectivity index (χ1v) is 6.33. The summed E-state index contributed by atoms with van der Waals surface area (Å²) in [7, 11) is 0. The number of hydrogen-bond donors (Lipinski definition) is 0. The molecule has 0 amide bonds. The van der Waals surface area contributed by atoms with Crippen molar-refractivity contribution < 1.29 is 0 Å². The van der Waals surface area contributed by atoms with E-state index in [-0.39, 0.29) is 0 Å². The van der Waals surface area contributed by atoms with Crippen LogP contribution in [0.2, 0.25) is 5.02 Å². The quantitative estimate of drug-likeness (QED) is 0.700. The van der Waals surface area contributed by atoms with E-state index in [4.69, 9.17) is 11.6 Å². The second kappa shape index (κ2) is 3.95. The van der Waals surface area contributed by atoms with E-state index >= 15 is 0 Å². The largest absolute Gasteiger partial charge is 0.142 e. The second-order valence-corrected chi connectivity index (χ2v) is 5.73. The Morgan fingerprint density at radius 2 is 1.83 bits per heavy atom. The average molecular weight is 217 g/mol. The highest BCUT2D eigenvalue weighted by molar-refractivity contribution is 8.19. The van der Waals surface area contributed by atoms with Crippen LogP contribution in [-0.4, -0.2) is 11.5 Å². The molecule has 0 bridgehead atoms. The summed E-state index contributed by atoms with van der Waals surface area (Å²) >= 11 is 10.1. The van der Waals surface area contributed by atoms with Gasteiger partial charge in [0.05, 0.1) is 4.58 Å². The molecule has 1 aromatic rings. The van der Waals surface area contributed by atoms with E-state index in [0.29, 0.717) is 4.58 Å². The lowest BCUT2D eigenvalue weighted by Gasteiger charge is -2.09. The Morgan fingerprint density at radius 3 is 2.50 bits per heavy atom. The zero-order chi connectivity index (χ0) is 8.39. The van der Waals surface area contributed by atoms with Crippen molar-refractivity contribution >= 4 is 35.1 Å². The van der Waals surface area contributed by atoms with Crippen LogP contribution in [0, 0.1) is 0 Å². The molecule has 1 aliphatic rings. The predicted octanol–water partition coefficient (Wildman–Crippen LogP) is 3.82. The van der Waals surface area contributed by atoms with Gasteiger partial charge in [0.25, 0.3) is 0 Å². The zero-order valence-electron chi connectivity index (χ0n) is 6.50. The summed E-state index contributed by atoms with van der Waals surface area (Å²) in [5.41, 5.74) is 1.28. The summed E-state index contributed by atoms with van der Waals surface area (Å²) in [6.45, 7) is 0. The molecule has 0 aromatic heterocycles. The van der Waals surface area contributed by atoms with Crippen molar-refractivity contribution in [2.75, 3.05) is 11.5 Å². The van der Waals surface area contributed by atoms with Gasteiger partial charge >= 0.3 is 0 Å². The maximum Gasteiger partial charge on any atom is 0.0766 e. The van der Waals surface area contributed by atoms with Crippen molar-refractivity contribution in [3.63, 3.8) is 0 Å². The molecule has 0 N–H and O–H groups in total. The minimum Gasteiger partial charge on any atom is -0.142 e. The summed E-state index contributed by atoms with van der Waals surface area (Å²) in [5.74, 6) is 2.50. The third-order valence-electron chi connectivity index (χ3n) is 1.78. The fraction of sp³-hybridized carbons (Fsp3) is 0.333. The van der Waals surface area contributed by atoms with E-state index in [1.54, 1.807) is 0 Å². The number of halogens is 1. The van der Waals surface area contributed by atoms with Crippen LogP contribution in [0.5, 0.6) is 0 Å². The minimum absolute atomic E-state index is 0.568. The highest BCUT2D eigenvalue weighted by Gasteiger charge is 2.19. The third-order valence-corrected chi connectivity index (χ3v) is 5.19. The molecule has 0 saturated carbocycles. The molecule has 0 unspecified atom stereocenters. The fourth-order valence-corrected chi connectivity index (χ4v) is 4.51. The molecule has 64 valence electrons. The Balaban J connectivity index is 2.26. The normalized spacial score (nSPS) is 18.4. The maximum absolute atomic E-state index is 6.08. The Bertz CT molecular complexity index is 269. The minimum atomic E-state index is 0.568. The molecule has 1 fully saturated rings. The van der Waals surface area contributed by atoms with Gasteiger partial charge in [0.2, 0.25) is 0 Å². The van der Waals surface area contributed by atoms with Gasteiger partial charge in [-0.2, -0.15) is 0 Å². The highest BCUT2D eigenvalue weighted by atomic mass is 35.5. The summed E-state index contributed by atoms with van der Waals surface area (Å²) in [5, 5.41) is 0.907.